The molecule has 3 N–H and O–H groups in total. The van der Waals surface area contributed by atoms with Crippen molar-refractivity contribution in [2.75, 3.05) is 6.61 Å². The minimum atomic E-state index is -0.844. The maximum absolute atomic E-state index is 11.2. The molecule has 0 amide bonds. The number of phenolic OH excluding ortho intramolecular Hbond substituents is 1. The number of nitrogens with zero attached hydrogens (tertiary/aromatic N) is 1. The highest BCUT2D eigenvalue weighted by Gasteiger charge is 2.19. The number of esters is 1. The number of nitro benzene ring substituents is 1. The van der Waals surface area contributed by atoms with E-state index in [-0.39, 0.29) is 30.0 Å². The minimum absolute atomic E-state index is 0.150. The summed E-state index contributed by atoms with van der Waals surface area (Å²) in [5.74, 6) is -0.701. The zero-order valence-corrected chi connectivity index (χ0v) is 9.83. The van der Waals surface area contributed by atoms with Gasteiger partial charge in [-0.2, -0.15) is 0 Å². The molecule has 7 heteroatoms. The van der Waals surface area contributed by atoms with E-state index in [1.54, 1.807) is 6.92 Å². The number of carbonyl (C=O) groups excluding carboxylic acids is 1. The average molecular weight is 254 g/mol. The van der Waals surface area contributed by atoms with Gasteiger partial charge in [-0.05, 0) is 13.0 Å². The Morgan fingerprint density at radius 3 is 2.83 bits per heavy atom. The zero-order valence-electron chi connectivity index (χ0n) is 9.83. The second-order valence-corrected chi connectivity index (χ2v) is 3.62. The van der Waals surface area contributed by atoms with E-state index in [1.807, 2.05) is 0 Å². The molecule has 1 rings (SSSR count). The van der Waals surface area contributed by atoms with Gasteiger partial charge in [0.05, 0.1) is 18.0 Å². The van der Waals surface area contributed by atoms with Crippen molar-refractivity contribution in [3.8, 4) is 5.75 Å². The van der Waals surface area contributed by atoms with Gasteiger partial charge in [-0.25, -0.2) is 0 Å². The Kier molecular flexibility index (Phi) is 4.61. The SMILES string of the molecule is CCOC(=O)C[C@H](N)c1cc([N+](=O)[O-])ccc1O. The third kappa shape index (κ3) is 3.42. The number of hydrogen-bond acceptors (Lipinski definition) is 6. The van der Waals surface area contributed by atoms with Crippen LogP contribution in [0.2, 0.25) is 0 Å². The topological polar surface area (TPSA) is 116 Å². The third-order valence-electron chi connectivity index (χ3n) is 2.31. The second kappa shape index (κ2) is 5.97. The van der Waals surface area contributed by atoms with Crippen LogP contribution in [0, 0.1) is 10.1 Å². The highest BCUT2D eigenvalue weighted by Crippen LogP contribution is 2.28. The quantitative estimate of drug-likeness (QED) is 0.464. The lowest BCUT2D eigenvalue weighted by molar-refractivity contribution is -0.385. The van der Waals surface area contributed by atoms with Crippen LogP contribution in [0.3, 0.4) is 0 Å². The maximum Gasteiger partial charge on any atom is 0.307 e. The van der Waals surface area contributed by atoms with Crippen LogP contribution < -0.4 is 5.73 Å². The van der Waals surface area contributed by atoms with Crippen LogP contribution in [-0.4, -0.2) is 22.6 Å². The number of aromatic hydroxyl groups is 1. The summed E-state index contributed by atoms with van der Waals surface area (Å²) in [7, 11) is 0. The monoisotopic (exact) mass is 254 g/mol. The van der Waals surface area contributed by atoms with Gasteiger partial charge in [0.15, 0.2) is 0 Å². The van der Waals surface area contributed by atoms with Gasteiger partial charge >= 0.3 is 5.97 Å². The first-order valence-corrected chi connectivity index (χ1v) is 5.34. The predicted molar refractivity (Wildman–Crippen MR) is 62.9 cm³/mol. The number of ether oxygens (including phenoxy) is 1. The smallest absolute Gasteiger partial charge is 0.307 e. The molecular weight excluding hydrogens is 240 g/mol. The van der Waals surface area contributed by atoms with Crippen molar-refractivity contribution in [1.29, 1.82) is 0 Å². The number of carbonyl (C=O) groups is 1. The lowest BCUT2D eigenvalue weighted by Gasteiger charge is -2.12. The Labute approximate surface area is 103 Å². The van der Waals surface area contributed by atoms with Gasteiger partial charge in [0, 0.05) is 23.7 Å². The lowest BCUT2D eigenvalue weighted by Crippen LogP contribution is -2.17. The first kappa shape index (κ1) is 13.9. The number of phenols is 1. The standard InChI is InChI=1S/C11H14N2O5/c1-2-18-11(15)6-9(12)8-5-7(13(16)17)3-4-10(8)14/h3-5,9,14H,2,6,12H2,1H3/t9-/m0/s1. The Morgan fingerprint density at radius 1 is 1.61 bits per heavy atom. The van der Waals surface area contributed by atoms with Crippen LogP contribution in [0.15, 0.2) is 18.2 Å². The lowest BCUT2D eigenvalue weighted by atomic mass is 10.0. The summed E-state index contributed by atoms with van der Waals surface area (Å²) < 4.78 is 4.72. The number of non-ortho nitro benzene ring substituents is 1. The second-order valence-electron chi connectivity index (χ2n) is 3.62. The van der Waals surface area contributed by atoms with E-state index in [2.05, 4.69) is 0 Å². The van der Waals surface area contributed by atoms with Crippen molar-refractivity contribution >= 4 is 11.7 Å². The summed E-state index contributed by atoms with van der Waals surface area (Å²) in [6.07, 6.45) is -0.150. The molecule has 98 valence electrons. The molecule has 0 bridgehead atoms. The van der Waals surface area contributed by atoms with E-state index in [4.69, 9.17) is 10.5 Å². The Morgan fingerprint density at radius 2 is 2.28 bits per heavy atom. The van der Waals surface area contributed by atoms with E-state index in [9.17, 15) is 20.0 Å². The van der Waals surface area contributed by atoms with Gasteiger partial charge in [-0.15, -0.1) is 0 Å². The Balaban J connectivity index is 2.90. The fraction of sp³-hybridized carbons (Fsp3) is 0.364. The molecule has 0 unspecified atom stereocenters. The summed E-state index contributed by atoms with van der Waals surface area (Å²) in [4.78, 5) is 21.2. The van der Waals surface area contributed by atoms with E-state index < -0.39 is 16.9 Å². The molecule has 0 saturated carbocycles. The molecule has 0 radical (unpaired) electrons. The van der Waals surface area contributed by atoms with Crippen molar-refractivity contribution in [2.24, 2.45) is 5.73 Å². The van der Waals surface area contributed by atoms with Gasteiger partial charge in [0.1, 0.15) is 5.75 Å². The minimum Gasteiger partial charge on any atom is -0.508 e. The van der Waals surface area contributed by atoms with Gasteiger partial charge in [0.25, 0.3) is 5.69 Å². The van der Waals surface area contributed by atoms with E-state index in [0.29, 0.717) is 0 Å². The van der Waals surface area contributed by atoms with Crippen molar-refractivity contribution in [3.05, 3.63) is 33.9 Å². The molecule has 18 heavy (non-hydrogen) atoms. The van der Waals surface area contributed by atoms with Crippen LogP contribution in [0.4, 0.5) is 5.69 Å². The third-order valence-corrected chi connectivity index (χ3v) is 2.31. The van der Waals surface area contributed by atoms with Crippen LogP contribution in [0.25, 0.3) is 0 Å². The molecule has 1 aromatic rings. The highest BCUT2D eigenvalue weighted by atomic mass is 16.6. The number of benzene rings is 1. The van der Waals surface area contributed by atoms with Crippen LogP contribution in [0.5, 0.6) is 5.75 Å². The molecule has 0 fully saturated rings. The fourth-order valence-electron chi connectivity index (χ4n) is 1.46. The largest absolute Gasteiger partial charge is 0.508 e. The first-order valence-electron chi connectivity index (χ1n) is 5.34. The first-order chi connectivity index (χ1) is 8.45. The molecule has 0 saturated heterocycles. The summed E-state index contributed by atoms with van der Waals surface area (Å²) in [6.45, 7) is 1.89. The summed E-state index contributed by atoms with van der Waals surface area (Å²) in [5.41, 5.74) is 5.67. The Bertz CT molecular complexity index is 461. The number of nitro groups is 1. The maximum atomic E-state index is 11.2. The average Bonchev–Trinajstić information content (AvgIpc) is 2.29. The molecule has 1 aromatic carbocycles. The van der Waals surface area contributed by atoms with Gasteiger partial charge in [0.2, 0.25) is 0 Å². The van der Waals surface area contributed by atoms with Gasteiger partial charge in [-0.3, -0.25) is 14.9 Å². The zero-order chi connectivity index (χ0) is 13.7. The fourth-order valence-corrected chi connectivity index (χ4v) is 1.46. The van der Waals surface area contributed by atoms with Crippen LogP contribution in [-0.2, 0) is 9.53 Å². The van der Waals surface area contributed by atoms with Crippen LogP contribution >= 0.6 is 0 Å². The van der Waals surface area contributed by atoms with E-state index >= 15 is 0 Å². The van der Waals surface area contributed by atoms with Crippen molar-refractivity contribution < 1.29 is 19.6 Å². The molecule has 0 aliphatic carbocycles. The number of rotatable bonds is 5. The molecule has 1 atom stereocenters. The summed E-state index contributed by atoms with van der Waals surface area (Å²) >= 11 is 0. The molecule has 0 aromatic heterocycles. The molecule has 0 heterocycles. The number of hydrogen-bond donors (Lipinski definition) is 2. The van der Waals surface area contributed by atoms with Crippen LogP contribution in [0.1, 0.15) is 24.9 Å². The molecule has 0 aliphatic heterocycles. The normalized spacial score (nSPS) is 11.9. The van der Waals surface area contributed by atoms with Crippen molar-refractivity contribution in [3.63, 3.8) is 0 Å². The van der Waals surface area contributed by atoms with E-state index in [0.717, 1.165) is 12.1 Å². The molecule has 7 nitrogen and oxygen atoms in total. The highest BCUT2D eigenvalue weighted by molar-refractivity contribution is 5.70. The Hall–Kier alpha value is -2.15. The van der Waals surface area contributed by atoms with Crippen molar-refractivity contribution in [1.82, 2.24) is 0 Å². The van der Waals surface area contributed by atoms with E-state index in [1.165, 1.54) is 6.07 Å². The summed E-state index contributed by atoms with van der Waals surface area (Å²) in [5, 5.41) is 20.2. The number of nitrogens with two attached hydrogens (primary N) is 1. The summed E-state index contributed by atoms with van der Waals surface area (Å²) in [6, 6.07) is 2.65. The van der Waals surface area contributed by atoms with Gasteiger partial charge < -0.3 is 15.6 Å². The molecular formula is C11H14N2O5. The van der Waals surface area contributed by atoms with Crippen molar-refractivity contribution in [2.45, 2.75) is 19.4 Å². The molecule has 0 spiro atoms. The predicted octanol–water partition coefficient (Wildman–Crippen LogP) is 1.25. The molecule has 0 aliphatic rings. The van der Waals surface area contributed by atoms with Gasteiger partial charge in [-0.1, -0.05) is 0 Å².